The molecule has 0 aromatic heterocycles. The molecular formula is C42H48F3N3O6. The SMILES string of the molecule is COC(=O)CCCC(=O)N1C[C@H]2CC(c3ccc(CCCOc4c(F)ccc(F)c4F)cc3)=C(C(=O)N(CCOc3ccc(C)c(C)c3)C3CC3)[C@@H](C1)N2. The van der Waals surface area contributed by atoms with E-state index in [9.17, 15) is 27.6 Å². The van der Waals surface area contributed by atoms with Gasteiger partial charge in [-0.2, -0.15) is 4.39 Å². The number of fused-ring (bicyclic) bond motifs is 2. The fourth-order valence-electron chi connectivity index (χ4n) is 7.24. The van der Waals surface area contributed by atoms with Crippen LogP contribution in [0.15, 0.2) is 60.2 Å². The van der Waals surface area contributed by atoms with Crippen molar-refractivity contribution in [3.05, 3.63) is 99.9 Å². The second-order valence-electron chi connectivity index (χ2n) is 14.4. The molecule has 2 amide bonds. The van der Waals surface area contributed by atoms with Gasteiger partial charge in [-0.25, -0.2) is 8.78 Å². The highest BCUT2D eigenvalue weighted by molar-refractivity contribution is 6.03. The number of hydrogen-bond acceptors (Lipinski definition) is 7. The quantitative estimate of drug-likeness (QED) is 0.102. The van der Waals surface area contributed by atoms with Crippen molar-refractivity contribution in [2.75, 3.05) is 40.0 Å². The van der Waals surface area contributed by atoms with E-state index in [0.717, 1.165) is 53.0 Å². The van der Waals surface area contributed by atoms with Crippen LogP contribution in [-0.4, -0.2) is 85.7 Å². The Balaban J connectivity index is 1.19. The van der Waals surface area contributed by atoms with Gasteiger partial charge in [0.15, 0.2) is 17.4 Å². The summed E-state index contributed by atoms with van der Waals surface area (Å²) in [6.07, 6.45) is 4.16. The Kier molecular flexibility index (Phi) is 12.6. The maximum Gasteiger partial charge on any atom is 0.305 e. The van der Waals surface area contributed by atoms with Crippen molar-refractivity contribution in [2.24, 2.45) is 0 Å². The van der Waals surface area contributed by atoms with Crippen molar-refractivity contribution in [1.82, 2.24) is 15.1 Å². The van der Waals surface area contributed by atoms with Crippen molar-refractivity contribution >= 4 is 23.4 Å². The van der Waals surface area contributed by atoms with Crippen LogP contribution in [0.1, 0.15) is 67.2 Å². The van der Waals surface area contributed by atoms with Crippen LogP contribution < -0.4 is 14.8 Å². The molecular weight excluding hydrogens is 699 g/mol. The molecule has 288 valence electrons. The van der Waals surface area contributed by atoms with Crippen LogP contribution in [0, 0.1) is 31.3 Å². The third-order valence-corrected chi connectivity index (χ3v) is 10.5. The summed E-state index contributed by atoms with van der Waals surface area (Å²) in [6.45, 7) is 5.67. The van der Waals surface area contributed by atoms with E-state index in [1.807, 2.05) is 59.2 Å². The minimum Gasteiger partial charge on any atom is -0.492 e. The number of esters is 1. The molecule has 1 saturated carbocycles. The molecule has 6 rings (SSSR count). The van der Waals surface area contributed by atoms with Gasteiger partial charge in [0.2, 0.25) is 11.7 Å². The summed E-state index contributed by atoms with van der Waals surface area (Å²) < 4.78 is 57.6. The first-order chi connectivity index (χ1) is 26.0. The molecule has 0 radical (unpaired) electrons. The van der Waals surface area contributed by atoms with Crippen molar-refractivity contribution < 1.29 is 41.8 Å². The molecule has 12 heteroatoms. The van der Waals surface area contributed by atoms with Crippen LogP contribution in [0.2, 0.25) is 0 Å². The number of amides is 2. The number of ether oxygens (including phenoxy) is 3. The molecule has 2 aliphatic heterocycles. The summed E-state index contributed by atoms with van der Waals surface area (Å²) in [5.41, 5.74) is 5.79. The molecule has 0 spiro atoms. The summed E-state index contributed by atoms with van der Waals surface area (Å²) in [6, 6.07) is 15.1. The highest BCUT2D eigenvalue weighted by Crippen LogP contribution is 2.37. The van der Waals surface area contributed by atoms with Crippen molar-refractivity contribution in [2.45, 2.75) is 83.3 Å². The van der Waals surface area contributed by atoms with E-state index in [-0.39, 0.29) is 55.4 Å². The Morgan fingerprint density at radius 3 is 2.35 bits per heavy atom. The minimum atomic E-state index is -1.34. The number of methoxy groups -OCH3 is 1. The fourth-order valence-corrected chi connectivity index (χ4v) is 7.24. The third-order valence-electron chi connectivity index (χ3n) is 10.5. The lowest BCUT2D eigenvalue weighted by Crippen LogP contribution is -2.62. The molecule has 54 heavy (non-hydrogen) atoms. The van der Waals surface area contributed by atoms with E-state index in [4.69, 9.17) is 14.2 Å². The maximum absolute atomic E-state index is 14.7. The van der Waals surface area contributed by atoms with Crippen LogP contribution in [-0.2, 0) is 25.5 Å². The van der Waals surface area contributed by atoms with Gasteiger partial charge in [0, 0.05) is 43.6 Å². The highest BCUT2D eigenvalue weighted by Gasteiger charge is 2.43. The minimum absolute atomic E-state index is 0.0000222. The van der Waals surface area contributed by atoms with Crippen molar-refractivity contribution in [3.8, 4) is 11.5 Å². The molecule has 2 atom stereocenters. The topological polar surface area (TPSA) is 97.4 Å². The van der Waals surface area contributed by atoms with Gasteiger partial charge in [0.25, 0.3) is 5.91 Å². The zero-order valence-electron chi connectivity index (χ0n) is 31.1. The monoisotopic (exact) mass is 747 g/mol. The molecule has 3 aliphatic rings. The number of halogens is 3. The number of aryl methyl sites for hydroxylation is 3. The number of hydrogen-bond donors (Lipinski definition) is 1. The maximum atomic E-state index is 14.7. The van der Waals surface area contributed by atoms with Gasteiger partial charge in [-0.05, 0) is 104 Å². The van der Waals surface area contributed by atoms with E-state index < -0.39 is 23.2 Å². The van der Waals surface area contributed by atoms with Crippen molar-refractivity contribution in [3.63, 3.8) is 0 Å². The number of carbonyl (C=O) groups is 3. The Labute approximate surface area is 314 Å². The van der Waals surface area contributed by atoms with Gasteiger partial charge < -0.3 is 29.3 Å². The zero-order chi connectivity index (χ0) is 38.4. The average molecular weight is 748 g/mol. The molecule has 1 aliphatic carbocycles. The summed E-state index contributed by atoms with van der Waals surface area (Å²) in [5, 5.41) is 3.63. The predicted molar refractivity (Wildman–Crippen MR) is 197 cm³/mol. The lowest BCUT2D eigenvalue weighted by molar-refractivity contribution is -0.141. The van der Waals surface area contributed by atoms with E-state index in [0.29, 0.717) is 57.5 Å². The first kappa shape index (κ1) is 38.9. The van der Waals surface area contributed by atoms with E-state index in [1.54, 1.807) is 0 Å². The standard InChI is InChI=1S/C42H48F3N3O6/c1-26-9-16-32(22-27(26)2)53-21-19-48(31-14-15-31)42(51)39-33(23-30-24-47(25-36(39)46-30)37(49)7-4-8-38(50)52-3)29-12-10-28(11-13-29)6-5-20-54-41-35(44)18-17-34(43)40(41)45/h9-13,16-18,22,30-31,36,46H,4-8,14-15,19-21,23-25H2,1-3H3/t30-,36-/m1/s1. The second kappa shape index (κ2) is 17.5. The fraction of sp³-hybridized carbons (Fsp3) is 0.452. The normalized spacial score (nSPS) is 18.0. The van der Waals surface area contributed by atoms with Gasteiger partial charge >= 0.3 is 5.97 Å². The van der Waals surface area contributed by atoms with Gasteiger partial charge in [0.05, 0.1) is 26.3 Å². The number of carbonyl (C=O) groups excluding carboxylic acids is 3. The van der Waals surface area contributed by atoms with Gasteiger partial charge in [-0.15, -0.1) is 0 Å². The number of nitrogens with zero attached hydrogens (tertiary/aromatic N) is 2. The van der Waals surface area contributed by atoms with Crippen LogP contribution >= 0.6 is 0 Å². The molecule has 3 aromatic rings. The number of benzene rings is 3. The molecule has 0 unspecified atom stereocenters. The highest BCUT2D eigenvalue weighted by atomic mass is 19.2. The molecule has 2 bridgehead atoms. The van der Waals surface area contributed by atoms with Gasteiger partial charge in [-0.1, -0.05) is 30.3 Å². The van der Waals surface area contributed by atoms with Crippen LogP contribution in [0.4, 0.5) is 13.2 Å². The summed E-state index contributed by atoms with van der Waals surface area (Å²) in [5.74, 6) is -3.89. The molecule has 3 aromatic carbocycles. The molecule has 9 nitrogen and oxygen atoms in total. The van der Waals surface area contributed by atoms with E-state index in [2.05, 4.69) is 12.2 Å². The molecule has 1 saturated heterocycles. The first-order valence-corrected chi connectivity index (χ1v) is 18.7. The summed E-state index contributed by atoms with van der Waals surface area (Å²) >= 11 is 0. The summed E-state index contributed by atoms with van der Waals surface area (Å²) in [7, 11) is 1.33. The van der Waals surface area contributed by atoms with Crippen molar-refractivity contribution in [1.29, 1.82) is 0 Å². The first-order valence-electron chi connectivity index (χ1n) is 18.7. The second-order valence-corrected chi connectivity index (χ2v) is 14.4. The lowest BCUT2D eigenvalue weighted by atomic mass is 9.82. The van der Waals surface area contributed by atoms with Crippen LogP contribution in [0.25, 0.3) is 5.57 Å². The van der Waals surface area contributed by atoms with Gasteiger partial charge in [-0.3, -0.25) is 14.4 Å². The molecule has 2 fully saturated rings. The number of piperazine rings is 1. The summed E-state index contributed by atoms with van der Waals surface area (Å²) in [4.78, 5) is 43.4. The van der Waals surface area contributed by atoms with Crippen LogP contribution in [0.5, 0.6) is 11.5 Å². The Hall–Kier alpha value is -4.84. The zero-order valence-corrected chi connectivity index (χ0v) is 31.1. The van der Waals surface area contributed by atoms with Gasteiger partial charge in [0.1, 0.15) is 12.4 Å². The largest absolute Gasteiger partial charge is 0.492 e. The van der Waals surface area contributed by atoms with Crippen LogP contribution in [0.3, 0.4) is 0 Å². The predicted octanol–water partition coefficient (Wildman–Crippen LogP) is 6.47. The lowest BCUT2D eigenvalue weighted by Gasteiger charge is -2.45. The van der Waals surface area contributed by atoms with E-state index >= 15 is 0 Å². The Morgan fingerprint density at radius 1 is 0.870 bits per heavy atom. The molecule has 1 N–H and O–H groups in total. The number of nitrogens with one attached hydrogen (secondary N) is 1. The number of rotatable bonds is 16. The van der Waals surface area contributed by atoms with E-state index in [1.165, 1.54) is 12.7 Å². The smallest absolute Gasteiger partial charge is 0.305 e. The average Bonchev–Trinajstić information content (AvgIpc) is 4.01. The molecule has 2 heterocycles. The Morgan fingerprint density at radius 2 is 1.63 bits per heavy atom. The third kappa shape index (κ3) is 9.44. The Bertz CT molecular complexity index is 1880.